The average molecular weight is 249 g/mol. The second-order valence-corrected chi connectivity index (χ2v) is 4.70. The third-order valence-corrected chi connectivity index (χ3v) is 3.74. The van der Waals surface area contributed by atoms with Gasteiger partial charge in [-0.15, -0.1) is 0 Å². The van der Waals surface area contributed by atoms with E-state index in [0.717, 1.165) is 24.2 Å². The van der Waals surface area contributed by atoms with Gasteiger partial charge in [-0.2, -0.15) is 0 Å². The van der Waals surface area contributed by atoms with Crippen molar-refractivity contribution in [3.63, 3.8) is 0 Å². The van der Waals surface area contributed by atoms with Gasteiger partial charge in [-0.1, -0.05) is 12.1 Å². The molecule has 1 atom stereocenters. The van der Waals surface area contributed by atoms with E-state index in [1.54, 1.807) is 18.9 Å². The van der Waals surface area contributed by atoms with E-state index in [9.17, 15) is 9.90 Å². The number of aliphatic hydroxyl groups excluding tert-OH is 1. The van der Waals surface area contributed by atoms with Crippen LogP contribution in [0.25, 0.3) is 0 Å². The Bertz CT molecular complexity index is 446. The van der Waals surface area contributed by atoms with Crippen LogP contribution in [0.15, 0.2) is 24.3 Å². The summed E-state index contributed by atoms with van der Waals surface area (Å²) in [5.41, 5.74) is 0.359. The van der Waals surface area contributed by atoms with Crippen LogP contribution in [-0.4, -0.2) is 36.2 Å². The first-order valence-electron chi connectivity index (χ1n) is 6.17. The maximum absolute atomic E-state index is 11.7. The van der Waals surface area contributed by atoms with Gasteiger partial charge in [-0.05, 0) is 30.5 Å². The topological polar surface area (TPSA) is 49.8 Å². The van der Waals surface area contributed by atoms with Gasteiger partial charge < -0.3 is 14.7 Å². The molecule has 1 aromatic carbocycles. The molecular weight excluding hydrogens is 230 g/mol. The Morgan fingerprint density at radius 2 is 2.33 bits per heavy atom. The lowest BCUT2D eigenvalue weighted by Crippen LogP contribution is -2.46. The minimum Gasteiger partial charge on any atom is -0.497 e. The van der Waals surface area contributed by atoms with Crippen molar-refractivity contribution in [2.75, 3.05) is 20.3 Å². The van der Waals surface area contributed by atoms with Gasteiger partial charge in [0.1, 0.15) is 5.75 Å². The molecule has 98 valence electrons. The second kappa shape index (κ2) is 4.98. The first kappa shape index (κ1) is 12.9. The number of amides is 1. The highest BCUT2D eigenvalue weighted by molar-refractivity contribution is 5.75. The molecule has 0 spiro atoms. The number of nitrogens with zero attached hydrogens (tertiary/aromatic N) is 1. The fourth-order valence-electron chi connectivity index (χ4n) is 2.81. The molecule has 1 heterocycles. The summed E-state index contributed by atoms with van der Waals surface area (Å²) in [4.78, 5) is 13.5. The van der Waals surface area contributed by atoms with Gasteiger partial charge in [0, 0.05) is 13.5 Å². The fraction of sp³-hybridized carbons (Fsp3) is 0.500. The molecule has 1 aromatic rings. The number of rotatable bonds is 3. The van der Waals surface area contributed by atoms with Gasteiger partial charge in [0.15, 0.2) is 0 Å². The molecule has 0 radical (unpaired) electrons. The number of carbonyl (C=O) groups is 1. The predicted molar refractivity (Wildman–Crippen MR) is 68.4 cm³/mol. The molecule has 1 fully saturated rings. The van der Waals surface area contributed by atoms with Crippen LogP contribution in [0.4, 0.5) is 0 Å². The van der Waals surface area contributed by atoms with Crippen LogP contribution < -0.4 is 4.74 Å². The van der Waals surface area contributed by atoms with E-state index >= 15 is 0 Å². The van der Waals surface area contributed by atoms with Crippen LogP contribution in [0.2, 0.25) is 0 Å². The molecule has 18 heavy (non-hydrogen) atoms. The second-order valence-electron chi connectivity index (χ2n) is 4.70. The molecule has 0 aliphatic carbocycles. The van der Waals surface area contributed by atoms with Crippen molar-refractivity contribution in [3.05, 3.63) is 29.8 Å². The van der Waals surface area contributed by atoms with Gasteiger partial charge in [0.05, 0.1) is 19.3 Å². The summed E-state index contributed by atoms with van der Waals surface area (Å²) in [6, 6.07) is 7.60. The van der Waals surface area contributed by atoms with E-state index in [1.165, 1.54) is 0 Å². The summed E-state index contributed by atoms with van der Waals surface area (Å²) in [5, 5.41) is 9.82. The van der Waals surface area contributed by atoms with Crippen LogP contribution in [0, 0.1) is 0 Å². The van der Waals surface area contributed by atoms with E-state index in [1.807, 2.05) is 24.3 Å². The molecule has 4 nitrogen and oxygen atoms in total. The van der Waals surface area contributed by atoms with Crippen molar-refractivity contribution >= 4 is 5.91 Å². The molecule has 1 aliphatic rings. The maximum Gasteiger partial charge on any atom is 0.220 e. The number of benzene rings is 1. The highest BCUT2D eigenvalue weighted by Gasteiger charge is 2.43. The summed E-state index contributed by atoms with van der Waals surface area (Å²) in [6.07, 6.45) is 1.70. The predicted octanol–water partition coefficient (Wildman–Crippen LogP) is 1.53. The largest absolute Gasteiger partial charge is 0.497 e. The zero-order valence-corrected chi connectivity index (χ0v) is 10.8. The van der Waals surface area contributed by atoms with Crippen molar-refractivity contribution in [2.45, 2.75) is 25.3 Å². The summed E-state index contributed by atoms with van der Waals surface area (Å²) in [7, 11) is 1.61. The van der Waals surface area contributed by atoms with Gasteiger partial charge in [-0.25, -0.2) is 0 Å². The van der Waals surface area contributed by atoms with Crippen LogP contribution in [0.5, 0.6) is 5.75 Å². The van der Waals surface area contributed by atoms with Crippen molar-refractivity contribution in [1.82, 2.24) is 4.90 Å². The first-order valence-corrected chi connectivity index (χ1v) is 6.17. The molecule has 1 unspecified atom stereocenters. The summed E-state index contributed by atoms with van der Waals surface area (Å²) in [5.74, 6) is 0.750. The Balaban J connectivity index is 2.45. The van der Waals surface area contributed by atoms with Crippen molar-refractivity contribution < 1.29 is 14.6 Å². The number of hydrogen-bond acceptors (Lipinski definition) is 3. The summed E-state index contributed by atoms with van der Waals surface area (Å²) < 4.78 is 5.21. The number of ether oxygens (including phenoxy) is 1. The number of hydrogen-bond donors (Lipinski definition) is 1. The number of likely N-dealkylation sites (tertiary alicyclic amines) is 1. The van der Waals surface area contributed by atoms with E-state index < -0.39 is 5.54 Å². The molecule has 0 bridgehead atoms. The monoisotopic (exact) mass is 249 g/mol. The molecule has 1 amide bonds. The standard InChI is InChI=1S/C14H19NO3/c1-11(17)15-8-4-7-14(15,10-16)12-5-3-6-13(9-12)18-2/h3,5-6,9,16H,4,7-8,10H2,1-2H3. The van der Waals surface area contributed by atoms with Gasteiger partial charge >= 0.3 is 0 Å². The third-order valence-electron chi connectivity index (χ3n) is 3.74. The van der Waals surface area contributed by atoms with E-state index in [4.69, 9.17) is 4.74 Å². The Morgan fingerprint density at radius 3 is 2.94 bits per heavy atom. The molecule has 0 saturated carbocycles. The van der Waals surface area contributed by atoms with Crippen LogP contribution >= 0.6 is 0 Å². The normalized spacial score (nSPS) is 23.2. The zero-order valence-electron chi connectivity index (χ0n) is 10.8. The Labute approximate surface area is 107 Å². The average Bonchev–Trinajstić information content (AvgIpc) is 2.84. The minimum atomic E-state index is -0.583. The quantitative estimate of drug-likeness (QED) is 0.883. The maximum atomic E-state index is 11.7. The minimum absolute atomic E-state index is 0.00405. The fourth-order valence-corrected chi connectivity index (χ4v) is 2.81. The molecule has 0 aromatic heterocycles. The SMILES string of the molecule is COc1cccc(C2(CO)CCCN2C(C)=O)c1. The zero-order chi connectivity index (χ0) is 13.2. The summed E-state index contributed by atoms with van der Waals surface area (Å²) >= 11 is 0. The van der Waals surface area contributed by atoms with E-state index in [-0.39, 0.29) is 12.5 Å². The lowest BCUT2D eigenvalue weighted by atomic mass is 9.87. The molecule has 4 heteroatoms. The molecule has 1 saturated heterocycles. The molecular formula is C14H19NO3. The number of carbonyl (C=O) groups excluding carboxylic acids is 1. The number of aliphatic hydroxyl groups is 1. The van der Waals surface area contributed by atoms with Crippen molar-refractivity contribution in [2.24, 2.45) is 0 Å². The summed E-state index contributed by atoms with van der Waals surface area (Å²) in [6.45, 7) is 2.20. The van der Waals surface area contributed by atoms with E-state index in [0.29, 0.717) is 6.54 Å². The van der Waals surface area contributed by atoms with Crippen molar-refractivity contribution in [1.29, 1.82) is 0 Å². The smallest absolute Gasteiger partial charge is 0.220 e. The van der Waals surface area contributed by atoms with E-state index in [2.05, 4.69) is 0 Å². The highest BCUT2D eigenvalue weighted by atomic mass is 16.5. The van der Waals surface area contributed by atoms with Crippen LogP contribution in [-0.2, 0) is 10.3 Å². The van der Waals surface area contributed by atoms with Gasteiger partial charge in [0.2, 0.25) is 5.91 Å². The van der Waals surface area contributed by atoms with Crippen molar-refractivity contribution in [3.8, 4) is 5.75 Å². The van der Waals surface area contributed by atoms with Crippen LogP contribution in [0.3, 0.4) is 0 Å². The Morgan fingerprint density at radius 1 is 1.56 bits per heavy atom. The first-order chi connectivity index (χ1) is 8.64. The molecule has 1 aliphatic heterocycles. The number of methoxy groups -OCH3 is 1. The molecule has 1 N–H and O–H groups in total. The lowest BCUT2D eigenvalue weighted by molar-refractivity contribution is -0.134. The third kappa shape index (κ3) is 1.97. The van der Waals surface area contributed by atoms with Gasteiger partial charge in [-0.3, -0.25) is 4.79 Å². The Kier molecular flexibility index (Phi) is 3.57. The Hall–Kier alpha value is -1.55. The van der Waals surface area contributed by atoms with Gasteiger partial charge in [0.25, 0.3) is 0 Å². The highest BCUT2D eigenvalue weighted by Crippen LogP contribution is 2.39. The molecule has 2 rings (SSSR count). The lowest BCUT2D eigenvalue weighted by Gasteiger charge is -2.37. The van der Waals surface area contributed by atoms with Crippen LogP contribution in [0.1, 0.15) is 25.3 Å².